The molecule has 2 aromatic rings. The Bertz CT molecular complexity index is 719. The normalized spacial score (nSPS) is 16.1. The van der Waals surface area contributed by atoms with E-state index in [1.54, 1.807) is 12.1 Å². The third-order valence-electron chi connectivity index (χ3n) is 4.05. The van der Waals surface area contributed by atoms with Crippen LogP contribution in [0.2, 0.25) is 0 Å². The lowest BCUT2D eigenvalue weighted by Crippen LogP contribution is -2.46. The van der Waals surface area contributed by atoms with Gasteiger partial charge in [-0.1, -0.05) is 5.16 Å². The van der Waals surface area contributed by atoms with E-state index in [0.29, 0.717) is 31.0 Å². The van der Waals surface area contributed by atoms with E-state index in [1.807, 2.05) is 0 Å². The lowest BCUT2D eigenvalue weighted by molar-refractivity contribution is -0.129. The Kier molecular flexibility index (Phi) is 6.32. The van der Waals surface area contributed by atoms with Crippen molar-refractivity contribution in [1.29, 1.82) is 0 Å². The minimum Gasteiger partial charge on any atom is -0.467 e. The number of hydrogen-bond acceptors (Lipinski definition) is 7. The van der Waals surface area contributed by atoms with E-state index in [9.17, 15) is 9.18 Å². The molecule has 1 aromatic heterocycles. The van der Waals surface area contributed by atoms with Gasteiger partial charge in [-0.25, -0.2) is 4.39 Å². The van der Waals surface area contributed by atoms with Crippen LogP contribution in [0.4, 0.5) is 4.39 Å². The van der Waals surface area contributed by atoms with Crippen molar-refractivity contribution in [3.8, 4) is 11.5 Å². The van der Waals surface area contributed by atoms with Gasteiger partial charge in [-0.3, -0.25) is 14.6 Å². The molecular formula is C16H18FIN4O3. The van der Waals surface area contributed by atoms with Crippen LogP contribution in [-0.2, 0) is 16.1 Å². The zero-order valence-corrected chi connectivity index (χ0v) is 15.7. The average molecular weight is 460 g/mol. The molecule has 0 saturated carbocycles. The number of piperazine rings is 1. The molecule has 7 nitrogen and oxygen atoms in total. The van der Waals surface area contributed by atoms with Crippen LogP contribution in [0.1, 0.15) is 5.82 Å². The molecule has 1 fully saturated rings. The Hall–Kier alpha value is -1.59. The number of carbonyl (C=O) groups is 1. The largest absolute Gasteiger partial charge is 0.467 e. The minimum absolute atomic E-state index is 0.204. The summed E-state index contributed by atoms with van der Waals surface area (Å²) in [6, 6.07) is 4.78. The number of rotatable bonds is 7. The van der Waals surface area contributed by atoms with E-state index in [0.717, 1.165) is 36.3 Å². The Morgan fingerprint density at radius 2 is 2.04 bits per heavy atom. The highest BCUT2D eigenvalue weighted by atomic mass is 127. The van der Waals surface area contributed by atoms with Gasteiger partial charge in [0, 0.05) is 36.3 Å². The topological polar surface area (TPSA) is 71.7 Å². The van der Waals surface area contributed by atoms with E-state index in [2.05, 4.69) is 42.5 Å². The minimum atomic E-state index is -0.373. The van der Waals surface area contributed by atoms with Crippen LogP contribution in [0.15, 0.2) is 22.7 Å². The van der Waals surface area contributed by atoms with Gasteiger partial charge in [-0.2, -0.15) is 4.98 Å². The fourth-order valence-electron chi connectivity index (χ4n) is 2.69. The monoisotopic (exact) mass is 460 g/mol. The molecule has 1 aromatic carbocycles. The van der Waals surface area contributed by atoms with E-state index < -0.39 is 0 Å². The van der Waals surface area contributed by atoms with Crippen molar-refractivity contribution >= 4 is 29.1 Å². The maximum Gasteiger partial charge on any atom is 0.293 e. The second-order valence-corrected chi connectivity index (χ2v) is 6.97. The van der Waals surface area contributed by atoms with Gasteiger partial charge in [0.1, 0.15) is 12.4 Å². The molecule has 25 heavy (non-hydrogen) atoms. The van der Waals surface area contributed by atoms with Crippen LogP contribution in [0, 0.1) is 9.39 Å². The third-order valence-corrected chi connectivity index (χ3v) is 4.72. The first kappa shape index (κ1) is 18.2. The summed E-state index contributed by atoms with van der Waals surface area (Å²) in [6.07, 6.45) is 0. The second-order valence-electron chi connectivity index (χ2n) is 5.72. The lowest BCUT2D eigenvalue weighted by Gasteiger charge is -2.33. The fourth-order valence-corrected chi connectivity index (χ4v) is 3.18. The van der Waals surface area contributed by atoms with Crippen molar-refractivity contribution < 1.29 is 18.4 Å². The van der Waals surface area contributed by atoms with Crippen molar-refractivity contribution in [3.63, 3.8) is 0 Å². The molecule has 0 unspecified atom stereocenters. The molecule has 1 aliphatic rings. The van der Waals surface area contributed by atoms with E-state index in [-0.39, 0.29) is 11.7 Å². The summed E-state index contributed by atoms with van der Waals surface area (Å²) >= 11 is 2.12. The van der Waals surface area contributed by atoms with Gasteiger partial charge in [0.15, 0.2) is 5.82 Å². The van der Waals surface area contributed by atoms with E-state index in [4.69, 9.17) is 9.26 Å². The van der Waals surface area contributed by atoms with Gasteiger partial charge in [0.2, 0.25) is 0 Å². The van der Waals surface area contributed by atoms with Crippen LogP contribution < -0.4 is 0 Å². The van der Waals surface area contributed by atoms with Crippen LogP contribution >= 0.6 is 22.6 Å². The van der Waals surface area contributed by atoms with Crippen LogP contribution in [0.3, 0.4) is 0 Å². The molecule has 3 rings (SSSR count). The Balaban J connectivity index is 1.54. The zero-order valence-electron chi connectivity index (χ0n) is 13.5. The first-order valence-electron chi connectivity index (χ1n) is 7.93. The predicted octanol–water partition coefficient (Wildman–Crippen LogP) is 1.77. The Labute approximate surface area is 158 Å². The number of halogens is 2. The molecule has 0 radical (unpaired) electrons. The maximum atomic E-state index is 13.9. The number of hydrogen-bond donors (Lipinski definition) is 0. The molecule has 0 spiro atoms. The first-order valence-corrected chi connectivity index (χ1v) is 9.01. The second kappa shape index (κ2) is 8.68. The fraction of sp³-hybridized carbons (Fsp3) is 0.438. The highest BCUT2D eigenvalue weighted by Crippen LogP contribution is 2.23. The summed E-state index contributed by atoms with van der Waals surface area (Å²) in [5, 5.41) is 3.97. The van der Waals surface area contributed by atoms with Gasteiger partial charge in [0.25, 0.3) is 12.4 Å². The van der Waals surface area contributed by atoms with Crippen LogP contribution in [0.5, 0.6) is 0 Å². The van der Waals surface area contributed by atoms with Gasteiger partial charge < -0.3 is 9.26 Å². The molecular weight excluding hydrogens is 442 g/mol. The quantitative estimate of drug-likeness (QED) is 0.355. The molecule has 0 aliphatic carbocycles. The number of aromatic nitrogens is 2. The highest BCUT2D eigenvalue weighted by molar-refractivity contribution is 14.1. The summed E-state index contributed by atoms with van der Waals surface area (Å²) in [5.74, 6) is 0.378. The molecule has 1 saturated heterocycles. The smallest absolute Gasteiger partial charge is 0.293 e. The number of carbonyl (C=O) groups excluding carboxylic acids is 1. The molecule has 2 heterocycles. The van der Waals surface area contributed by atoms with Crippen molar-refractivity contribution in [3.05, 3.63) is 33.4 Å². The average Bonchev–Trinajstić information content (AvgIpc) is 3.07. The Morgan fingerprint density at radius 3 is 2.80 bits per heavy atom. The summed E-state index contributed by atoms with van der Waals surface area (Å²) in [7, 11) is 0. The van der Waals surface area contributed by atoms with Gasteiger partial charge >= 0.3 is 0 Å². The van der Waals surface area contributed by atoms with E-state index in [1.165, 1.54) is 6.07 Å². The number of nitrogens with zero attached hydrogens (tertiary/aromatic N) is 4. The Morgan fingerprint density at radius 1 is 1.28 bits per heavy atom. The van der Waals surface area contributed by atoms with Crippen molar-refractivity contribution in [2.45, 2.75) is 6.54 Å². The number of benzene rings is 1. The summed E-state index contributed by atoms with van der Waals surface area (Å²) in [5.41, 5.74) is 0.325. The zero-order chi connectivity index (χ0) is 17.6. The van der Waals surface area contributed by atoms with Crippen molar-refractivity contribution in [2.75, 3.05) is 39.3 Å². The molecule has 0 atom stereocenters. The predicted molar refractivity (Wildman–Crippen MR) is 96.1 cm³/mol. The van der Waals surface area contributed by atoms with E-state index >= 15 is 0 Å². The molecule has 0 bridgehead atoms. The third kappa shape index (κ3) is 4.95. The van der Waals surface area contributed by atoms with Gasteiger partial charge in [-0.15, -0.1) is 0 Å². The molecule has 0 N–H and O–H groups in total. The standard InChI is InChI=1S/C16H18FIN4O3/c17-14-2-1-12(18)9-13(14)16-19-15(20-25-16)10-22-5-3-21(4-6-22)7-8-24-11-23/h1-2,9,11H,3-8,10H2. The highest BCUT2D eigenvalue weighted by Gasteiger charge is 2.20. The van der Waals surface area contributed by atoms with Crippen LogP contribution in [0.25, 0.3) is 11.5 Å². The van der Waals surface area contributed by atoms with Crippen molar-refractivity contribution in [1.82, 2.24) is 19.9 Å². The summed E-state index contributed by atoms with van der Waals surface area (Å²) in [4.78, 5) is 18.9. The van der Waals surface area contributed by atoms with Gasteiger partial charge in [0.05, 0.1) is 12.1 Å². The van der Waals surface area contributed by atoms with Crippen LogP contribution in [-0.4, -0.2) is 65.7 Å². The number of ether oxygens (including phenoxy) is 1. The maximum absolute atomic E-state index is 13.9. The molecule has 9 heteroatoms. The summed E-state index contributed by atoms with van der Waals surface area (Å²) < 4.78 is 24.8. The molecule has 134 valence electrons. The molecule has 0 amide bonds. The lowest BCUT2D eigenvalue weighted by atomic mass is 10.2. The first-order chi connectivity index (χ1) is 12.2. The van der Waals surface area contributed by atoms with Gasteiger partial charge in [-0.05, 0) is 40.8 Å². The molecule has 1 aliphatic heterocycles. The SMILES string of the molecule is O=COCCN1CCN(Cc2noc(-c3cc(I)ccc3F)n2)CC1. The summed E-state index contributed by atoms with van der Waals surface area (Å²) in [6.45, 7) is 5.69. The van der Waals surface area contributed by atoms with Crippen molar-refractivity contribution in [2.24, 2.45) is 0 Å².